The minimum atomic E-state index is 0.230. The van der Waals surface area contributed by atoms with Gasteiger partial charge in [0.2, 0.25) is 0 Å². The molecular formula is C6H7N3OS. The molecule has 58 valence electrons. The fraction of sp³-hybridized carbons (Fsp3) is 0.167. The van der Waals surface area contributed by atoms with Gasteiger partial charge in [0.15, 0.2) is 10.4 Å². The Bertz CT molecular complexity index is 346. The van der Waals surface area contributed by atoms with Crippen LogP contribution >= 0.6 is 11.3 Å². The lowest BCUT2D eigenvalue weighted by molar-refractivity contribution is 0.626. The Labute approximate surface area is 67.0 Å². The number of anilines is 2. The van der Waals surface area contributed by atoms with Crippen LogP contribution in [-0.2, 0) is 0 Å². The summed E-state index contributed by atoms with van der Waals surface area (Å²) in [6.45, 7) is 0. The third-order valence-corrected chi connectivity index (χ3v) is 2.38. The van der Waals surface area contributed by atoms with Gasteiger partial charge in [0.25, 0.3) is 6.01 Å². The first-order valence-electron chi connectivity index (χ1n) is 3.13. The summed E-state index contributed by atoms with van der Waals surface area (Å²) in [5.41, 5.74) is 6.08. The van der Waals surface area contributed by atoms with Crippen molar-refractivity contribution in [2.45, 2.75) is 0 Å². The zero-order valence-corrected chi connectivity index (χ0v) is 6.73. The zero-order valence-electron chi connectivity index (χ0n) is 5.92. The normalized spacial score (nSPS) is 10.6. The molecule has 0 spiro atoms. The first-order chi connectivity index (χ1) is 5.29. The molecule has 3 N–H and O–H groups in total. The van der Waals surface area contributed by atoms with E-state index < -0.39 is 0 Å². The summed E-state index contributed by atoms with van der Waals surface area (Å²) < 4.78 is 5.09. The summed E-state index contributed by atoms with van der Waals surface area (Å²) in [7, 11) is 1.86. The first kappa shape index (κ1) is 6.48. The van der Waals surface area contributed by atoms with Gasteiger partial charge in [0.05, 0.1) is 5.00 Å². The predicted octanol–water partition coefficient (Wildman–Crippen LogP) is 1.51. The van der Waals surface area contributed by atoms with E-state index in [0.717, 1.165) is 15.4 Å². The van der Waals surface area contributed by atoms with E-state index in [2.05, 4.69) is 10.3 Å². The smallest absolute Gasteiger partial charge is 0.293 e. The summed E-state index contributed by atoms with van der Waals surface area (Å²) in [5, 5.41) is 4.03. The number of nitrogens with two attached hydrogens (primary N) is 1. The van der Waals surface area contributed by atoms with Gasteiger partial charge < -0.3 is 15.5 Å². The second-order valence-electron chi connectivity index (χ2n) is 2.08. The van der Waals surface area contributed by atoms with Crippen LogP contribution in [0, 0.1) is 0 Å². The number of rotatable bonds is 1. The number of hydrogen-bond donors (Lipinski definition) is 2. The molecule has 0 bridgehead atoms. The molecule has 0 aromatic carbocycles. The highest BCUT2D eigenvalue weighted by molar-refractivity contribution is 7.22. The van der Waals surface area contributed by atoms with Gasteiger partial charge in [-0.05, 0) is 0 Å². The van der Waals surface area contributed by atoms with Crippen LogP contribution in [0.25, 0.3) is 10.4 Å². The highest BCUT2D eigenvalue weighted by Gasteiger charge is 2.06. The topological polar surface area (TPSA) is 64.1 Å². The van der Waals surface area contributed by atoms with E-state index in [0.29, 0.717) is 0 Å². The van der Waals surface area contributed by atoms with Crippen LogP contribution in [0.3, 0.4) is 0 Å². The second-order valence-corrected chi connectivity index (χ2v) is 3.11. The summed E-state index contributed by atoms with van der Waals surface area (Å²) in [6.07, 6.45) is 0. The van der Waals surface area contributed by atoms with E-state index in [-0.39, 0.29) is 6.01 Å². The van der Waals surface area contributed by atoms with Gasteiger partial charge in [-0.3, -0.25) is 0 Å². The number of thiophene rings is 1. The van der Waals surface area contributed by atoms with Gasteiger partial charge in [-0.1, -0.05) is 11.3 Å². The van der Waals surface area contributed by atoms with Crippen molar-refractivity contribution in [1.29, 1.82) is 0 Å². The third kappa shape index (κ3) is 0.932. The van der Waals surface area contributed by atoms with Crippen molar-refractivity contribution in [2.75, 3.05) is 18.1 Å². The van der Waals surface area contributed by atoms with Crippen LogP contribution in [0.15, 0.2) is 10.5 Å². The molecule has 0 radical (unpaired) electrons. The van der Waals surface area contributed by atoms with Crippen LogP contribution in [-0.4, -0.2) is 12.0 Å². The lowest BCUT2D eigenvalue weighted by Gasteiger charge is -1.87. The molecule has 2 rings (SSSR count). The number of fused-ring (bicyclic) bond motifs is 1. The Morgan fingerprint density at radius 3 is 3.18 bits per heavy atom. The molecule has 11 heavy (non-hydrogen) atoms. The first-order valence-corrected chi connectivity index (χ1v) is 3.95. The van der Waals surface area contributed by atoms with Crippen LogP contribution < -0.4 is 11.1 Å². The van der Waals surface area contributed by atoms with Crippen LogP contribution in [0.4, 0.5) is 11.0 Å². The van der Waals surface area contributed by atoms with Gasteiger partial charge in [-0.25, -0.2) is 0 Å². The molecule has 0 fully saturated rings. The predicted molar refractivity (Wildman–Crippen MR) is 45.8 cm³/mol. The van der Waals surface area contributed by atoms with Crippen molar-refractivity contribution in [3.63, 3.8) is 0 Å². The molecule has 0 aliphatic heterocycles. The molecule has 0 aliphatic carbocycles. The number of aromatic nitrogens is 1. The summed E-state index contributed by atoms with van der Waals surface area (Å²) in [4.78, 5) is 4.81. The standard InChI is InChI=1S/C6H7N3OS/c1-8-4-2-3-5(11-4)9-6(7)10-3/h2,8H,1H3,(H2,7,9). The largest absolute Gasteiger partial charge is 0.423 e. The van der Waals surface area contributed by atoms with E-state index in [1.165, 1.54) is 11.3 Å². The van der Waals surface area contributed by atoms with Crippen LogP contribution in [0.1, 0.15) is 0 Å². The SMILES string of the molecule is CNc1cc2oc(N)nc2s1. The van der Waals surface area contributed by atoms with Crippen molar-refractivity contribution in [2.24, 2.45) is 0 Å². The molecule has 0 aliphatic rings. The Balaban J connectivity index is 2.64. The summed E-state index contributed by atoms with van der Waals surface area (Å²) in [6, 6.07) is 2.11. The molecule has 4 nitrogen and oxygen atoms in total. The minimum absolute atomic E-state index is 0.230. The zero-order chi connectivity index (χ0) is 7.84. The van der Waals surface area contributed by atoms with E-state index in [1.807, 2.05) is 13.1 Å². The van der Waals surface area contributed by atoms with Gasteiger partial charge >= 0.3 is 0 Å². The van der Waals surface area contributed by atoms with E-state index >= 15 is 0 Å². The maximum atomic E-state index is 5.34. The fourth-order valence-electron chi connectivity index (χ4n) is 0.875. The molecule has 5 heteroatoms. The molecule has 0 atom stereocenters. The number of hydrogen-bond acceptors (Lipinski definition) is 5. The Hall–Kier alpha value is -1.23. The van der Waals surface area contributed by atoms with E-state index in [4.69, 9.17) is 10.2 Å². The van der Waals surface area contributed by atoms with Crippen molar-refractivity contribution in [3.05, 3.63) is 6.07 Å². The van der Waals surface area contributed by atoms with E-state index in [9.17, 15) is 0 Å². The lowest BCUT2D eigenvalue weighted by Crippen LogP contribution is -1.82. The van der Waals surface area contributed by atoms with Crippen molar-refractivity contribution in [3.8, 4) is 0 Å². The second kappa shape index (κ2) is 2.13. The molecule has 0 amide bonds. The Kier molecular flexibility index (Phi) is 1.25. The van der Waals surface area contributed by atoms with E-state index in [1.54, 1.807) is 0 Å². The molecule has 2 aromatic rings. The monoisotopic (exact) mass is 169 g/mol. The number of nitrogens with zero attached hydrogens (tertiary/aromatic N) is 1. The number of nitrogen functional groups attached to an aromatic ring is 1. The minimum Gasteiger partial charge on any atom is -0.423 e. The summed E-state index contributed by atoms with van der Waals surface area (Å²) in [5.74, 6) is 0. The van der Waals surface area contributed by atoms with Gasteiger partial charge in [-0.2, -0.15) is 4.98 Å². The maximum Gasteiger partial charge on any atom is 0.293 e. The highest BCUT2D eigenvalue weighted by atomic mass is 32.1. The summed E-state index contributed by atoms with van der Waals surface area (Å²) >= 11 is 1.52. The molecule has 0 unspecified atom stereocenters. The lowest BCUT2D eigenvalue weighted by atomic mass is 10.6. The molecule has 2 aromatic heterocycles. The van der Waals surface area contributed by atoms with Gasteiger partial charge in [0.1, 0.15) is 0 Å². The van der Waals surface area contributed by atoms with Crippen molar-refractivity contribution >= 4 is 32.8 Å². The molecule has 0 saturated heterocycles. The fourth-order valence-corrected chi connectivity index (χ4v) is 1.69. The Morgan fingerprint density at radius 1 is 1.73 bits per heavy atom. The Morgan fingerprint density at radius 2 is 2.55 bits per heavy atom. The molecule has 0 saturated carbocycles. The average Bonchev–Trinajstić information content (AvgIpc) is 2.43. The molecular weight excluding hydrogens is 162 g/mol. The molecule has 2 heterocycles. The van der Waals surface area contributed by atoms with Gasteiger partial charge in [0, 0.05) is 13.1 Å². The highest BCUT2D eigenvalue weighted by Crippen LogP contribution is 2.29. The van der Waals surface area contributed by atoms with Crippen molar-refractivity contribution < 1.29 is 4.42 Å². The van der Waals surface area contributed by atoms with Crippen LogP contribution in [0.2, 0.25) is 0 Å². The van der Waals surface area contributed by atoms with Crippen molar-refractivity contribution in [1.82, 2.24) is 4.98 Å². The number of oxazole rings is 1. The van der Waals surface area contributed by atoms with Gasteiger partial charge in [-0.15, -0.1) is 0 Å². The van der Waals surface area contributed by atoms with Crippen LogP contribution in [0.5, 0.6) is 0 Å². The number of nitrogens with one attached hydrogen (secondary N) is 1. The average molecular weight is 169 g/mol. The quantitative estimate of drug-likeness (QED) is 0.679. The maximum absolute atomic E-state index is 5.34. The third-order valence-electron chi connectivity index (χ3n) is 1.35.